The van der Waals surface area contributed by atoms with Crippen molar-refractivity contribution in [1.29, 1.82) is 0 Å². The van der Waals surface area contributed by atoms with Gasteiger partial charge in [-0.1, -0.05) is 29.8 Å². The van der Waals surface area contributed by atoms with E-state index in [9.17, 15) is 4.79 Å². The Balaban J connectivity index is 2.76. The predicted octanol–water partition coefficient (Wildman–Crippen LogP) is 2.19. The van der Waals surface area contributed by atoms with Crippen LogP contribution in [-0.4, -0.2) is 5.91 Å². The third kappa shape index (κ3) is 2.90. The second kappa shape index (κ2) is 4.08. The standard InChI is InChI=1S/C11H15NO/c1-8-5-4-6-11(7-8)9(2)12-10(3)13/h4-7,9H,1-3H3,(H,12,13)/t9-/m1/s1. The van der Waals surface area contributed by atoms with Crippen LogP contribution in [0.25, 0.3) is 0 Å². The third-order valence-electron chi connectivity index (χ3n) is 1.96. The number of hydrogen-bond acceptors (Lipinski definition) is 1. The second-order valence-corrected chi connectivity index (χ2v) is 3.34. The summed E-state index contributed by atoms with van der Waals surface area (Å²) in [4.78, 5) is 10.8. The van der Waals surface area contributed by atoms with Crippen LogP contribution in [0, 0.1) is 6.92 Å². The number of carbonyl (C=O) groups is 1. The molecule has 1 atom stereocenters. The van der Waals surface area contributed by atoms with Crippen molar-refractivity contribution in [2.45, 2.75) is 26.8 Å². The molecule has 0 unspecified atom stereocenters. The molecule has 1 aromatic rings. The summed E-state index contributed by atoms with van der Waals surface area (Å²) in [7, 11) is 0. The van der Waals surface area contributed by atoms with Crippen molar-refractivity contribution in [3.8, 4) is 0 Å². The lowest BCUT2D eigenvalue weighted by molar-refractivity contribution is -0.119. The molecular weight excluding hydrogens is 162 g/mol. The van der Waals surface area contributed by atoms with E-state index in [4.69, 9.17) is 0 Å². The van der Waals surface area contributed by atoms with Crippen molar-refractivity contribution >= 4 is 5.91 Å². The van der Waals surface area contributed by atoms with E-state index in [0.29, 0.717) is 0 Å². The van der Waals surface area contributed by atoms with Gasteiger partial charge in [-0.2, -0.15) is 0 Å². The minimum absolute atomic E-state index is 0.00834. The molecule has 0 spiro atoms. The van der Waals surface area contributed by atoms with E-state index in [2.05, 4.69) is 11.4 Å². The molecule has 0 aromatic heterocycles. The Hall–Kier alpha value is -1.31. The first-order chi connectivity index (χ1) is 6.09. The quantitative estimate of drug-likeness (QED) is 0.737. The number of nitrogens with one attached hydrogen (secondary N) is 1. The molecule has 0 radical (unpaired) electrons. The molecule has 0 saturated heterocycles. The Bertz CT molecular complexity index is 307. The minimum atomic E-state index is 0.00834. The average Bonchev–Trinajstić information content (AvgIpc) is 2.03. The summed E-state index contributed by atoms with van der Waals surface area (Å²) in [5.74, 6) is 0.00834. The van der Waals surface area contributed by atoms with Crippen LogP contribution in [0.15, 0.2) is 24.3 Å². The van der Waals surface area contributed by atoms with Crippen molar-refractivity contribution < 1.29 is 4.79 Å². The number of rotatable bonds is 2. The number of aryl methyl sites for hydroxylation is 1. The molecule has 1 N–H and O–H groups in total. The van der Waals surface area contributed by atoms with Gasteiger partial charge in [-0.05, 0) is 19.4 Å². The Morgan fingerprint density at radius 3 is 2.69 bits per heavy atom. The number of hydrogen-bond donors (Lipinski definition) is 1. The maximum atomic E-state index is 10.8. The van der Waals surface area contributed by atoms with Gasteiger partial charge in [0.1, 0.15) is 0 Å². The molecule has 0 aliphatic heterocycles. The predicted molar refractivity (Wildman–Crippen MR) is 53.4 cm³/mol. The van der Waals surface area contributed by atoms with E-state index in [1.165, 1.54) is 12.5 Å². The fourth-order valence-electron chi connectivity index (χ4n) is 1.33. The summed E-state index contributed by atoms with van der Waals surface area (Å²) in [6.45, 7) is 5.56. The molecule has 0 heterocycles. The van der Waals surface area contributed by atoms with E-state index in [0.717, 1.165) is 5.56 Å². The van der Waals surface area contributed by atoms with Crippen molar-refractivity contribution in [3.05, 3.63) is 35.4 Å². The van der Waals surface area contributed by atoms with Gasteiger partial charge in [0.05, 0.1) is 6.04 Å². The zero-order chi connectivity index (χ0) is 9.84. The first kappa shape index (κ1) is 9.78. The molecular formula is C11H15NO. The zero-order valence-electron chi connectivity index (χ0n) is 8.29. The van der Waals surface area contributed by atoms with E-state index < -0.39 is 0 Å². The highest BCUT2D eigenvalue weighted by Crippen LogP contribution is 2.13. The summed E-state index contributed by atoms with van der Waals surface area (Å²) in [6, 6.07) is 8.25. The molecule has 0 saturated carbocycles. The lowest BCUT2D eigenvalue weighted by Crippen LogP contribution is -2.23. The van der Waals surface area contributed by atoms with Gasteiger partial charge < -0.3 is 5.32 Å². The summed E-state index contributed by atoms with van der Waals surface area (Å²) in [5.41, 5.74) is 2.37. The van der Waals surface area contributed by atoms with Crippen molar-refractivity contribution in [2.24, 2.45) is 0 Å². The summed E-state index contributed by atoms with van der Waals surface area (Å²) < 4.78 is 0. The molecule has 1 rings (SSSR count). The molecule has 13 heavy (non-hydrogen) atoms. The van der Waals surface area contributed by atoms with Crippen molar-refractivity contribution in [1.82, 2.24) is 5.32 Å². The van der Waals surface area contributed by atoms with E-state index in [1.807, 2.05) is 32.0 Å². The van der Waals surface area contributed by atoms with Gasteiger partial charge in [-0.3, -0.25) is 4.79 Å². The van der Waals surface area contributed by atoms with Gasteiger partial charge in [0.2, 0.25) is 5.91 Å². The molecule has 1 amide bonds. The number of benzene rings is 1. The van der Waals surface area contributed by atoms with Crippen LogP contribution in [0.5, 0.6) is 0 Å². The van der Waals surface area contributed by atoms with Crippen LogP contribution in [0.2, 0.25) is 0 Å². The molecule has 0 bridgehead atoms. The summed E-state index contributed by atoms with van der Waals surface area (Å²) in [5, 5.41) is 2.85. The highest BCUT2D eigenvalue weighted by atomic mass is 16.1. The van der Waals surface area contributed by atoms with Crippen molar-refractivity contribution in [3.63, 3.8) is 0 Å². The maximum absolute atomic E-state index is 10.8. The smallest absolute Gasteiger partial charge is 0.217 e. The highest BCUT2D eigenvalue weighted by Gasteiger charge is 2.05. The van der Waals surface area contributed by atoms with Gasteiger partial charge in [-0.15, -0.1) is 0 Å². The fourth-order valence-corrected chi connectivity index (χ4v) is 1.33. The Kier molecular flexibility index (Phi) is 3.07. The molecule has 0 aliphatic rings. The Morgan fingerprint density at radius 1 is 1.46 bits per heavy atom. The van der Waals surface area contributed by atoms with Gasteiger partial charge in [0, 0.05) is 6.92 Å². The van der Waals surface area contributed by atoms with E-state index in [1.54, 1.807) is 0 Å². The molecule has 0 fully saturated rings. The maximum Gasteiger partial charge on any atom is 0.217 e. The van der Waals surface area contributed by atoms with E-state index >= 15 is 0 Å². The first-order valence-corrected chi connectivity index (χ1v) is 4.43. The average molecular weight is 177 g/mol. The first-order valence-electron chi connectivity index (χ1n) is 4.43. The lowest BCUT2D eigenvalue weighted by Gasteiger charge is -2.12. The van der Waals surface area contributed by atoms with Gasteiger partial charge in [-0.25, -0.2) is 0 Å². The van der Waals surface area contributed by atoms with Gasteiger partial charge in [0.25, 0.3) is 0 Å². The Labute approximate surface area is 79.0 Å². The van der Waals surface area contributed by atoms with Crippen LogP contribution in [0.4, 0.5) is 0 Å². The van der Waals surface area contributed by atoms with Gasteiger partial charge in [0.15, 0.2) is 0 Å². The monoisotopic (exact) mass is 177 g/mol. The normalized spacial score (nSPS) is 12.2. The molecule has 2 heteroatoms. The fraction of sp³-hybridized carbons (Fsp3) is 0.364. The lowest BCUT2D eigenvalue weighted by atomic mass is 10.1. The minimum Gasteiger partial charge on any atom is -0.350 e. The van der Waals surface area contributed by atoms with Crippen molar-refractivity contribution in [2.75, 3.05) is 0 Å². The van der Waals surface area contributed by atoms with Crippen LogP contribution in [-0.2, 0) is 4.79 Å². The number of carbonyl (C=O) groups excluding carboxylic acids is 1. The number of amides is 1. The van der Waals surface area contributed by atoms with Crippen LogP contribution in [0.3, 0.4) is 0 Å². The van der Waals surface area contributed by atoms with Gasteiger partial charge >= 0.3 is 0 Å². The molecule has 1 aromatic carbocycles. The molecule has 70 valence electrons. The highest BCUT2D eigenvalue weighted by molar-refractivity contribution is 5.73. The molecule has 0 aliphatic carbocycles. The van der Waals surface area contributed by atoms with Crippen LogP contribution in [0.1, 0.15) is 31.0 Å². The van der Waals surface area contributed by atoms with E-state index in [-0.39, 0.29) is 11.9 Å². The molecule has 2 nitrogen and oxygen atoms in total. The zero-order valence-corrected chi connectivity index (χ0v) is 8.29. The van der Waals surface area contributed by atoms with Crippen LogP contribution >= 0.6 is 0 Å². The second-order valence-electron chi connectivity index (χ2n) is 3.34. The summed E-state index contributed by atoms with van der Waals surface area (Å²) >= 11 is 0. The SMILES string of the molecule is CC(=O)N[C@H](C)c1cccc(C)c1. The topological polar surface area (TPSA) is 29.1 Å². The summed E-state index contributed by atoms with van der Waals surface area (Å²) in [6.07, 6.45) is 0. The Morgan fingerprint density at radius 2 is 2.15 bits per heavy atom. The third-order valence-corrected chi connectivity index (χ3v) is 1.96. The largest absolute Gasteiger partial charge is 0.350 e. The van der Waals surface area contributed by atoms with Crippen LogP contribution < -0.4 is 5.32 Å².